The van der Waals surface area contributed by atoms with Crippen LogP contribution in [0, 0.1) is 11.3 Å². The minimum atomic E-state index is 0.565. The number of para-hydroxylation sites is 2. The van der Waals surface area contributed by atoms with Gasteiger partial charge in [-0.2, -0.15) is 5.26 Å². The number of rotatable bonds is 6. The second-order valence-electron chi connectivity index (χ2n) is 14.4. The Hall–Kier alpha value is -8.14. The van der Waals surface area contributed by atoms with E-state index >= 15 is 0 Å². The minimum absolute atomic E-state index is 0.565. The van der Waals surface area contributed by atoms with Crippen LogP contribution in [0.25, 0.3) is 106 Å². The van der Waals surface area contributed by atoms with Gasteiger partial charge in [0, 0.05) is 38.2 Å². The van der Waals surface area contributed by atoms with Crippen molar-refractivity contribution in [1.82, 2.24) is 19.5 Å². The van der Waals surface area contributed by atoms with E-state index in [2.05, 4.69) is 102 Å². The van der Waals surface area contributed by atoms with Crippen molar-refractivity contribution in [2.24, 2.45) is 0 Å². The van der Waals surface area contributed by atoms with Crippen molar-refractivity contribution in [1.29, 1.82) is 5.26 Å². The number of hydrogen-bond acceptors (Lipinski definition) is 5. The maximum Gasteiger partial charge on any atom is 0.166 e. The number of nitriles is 1. The molecule has 8 aromatic carbocycles. The largest absolute Gasteiger partial charge is 0.456 e. The second kappa shape index (κ2) is 13.6. The molecule has 3 heterocycles. The highest BCUT2D eigenvalue weighted by atomic mass is 16.3. The number of benzene rings is 8. The molecule has 3 aromatic heterocycles. The lowest BCUT2D eigenvalue weighted by Crippen LogP contribution is -2.04. The van der Waals surface area contributed by atoms with Gasteiger partial charge in [-0.15, -0.1) is 0 Å². The molecule has 0 saturated carbocycles. The SMILES string of the molecule is N#Cc1cccc(-c2ccc3c(c2)c2ccccc2n3-c2ccc(-c3ccc4oc5ccccc5c4c3)cc2-c2nc(-c3ccccc3)nc(-c3ccccc3)n2)c1. The van der Waals surface area contributed by atoms with Crippen LogP contribution in [-0.2, 0) is 0 Å². The first-order valence-electron chi connectivity index (χ1n) is 19.2. The Balaban J connectivity index is 1.18. The molecule has 58 heavy (non-hydrogen) atoms. The summed E-state index contributed by atoms with van der Waals surface area (Å²) in [6.45, 7) is 0. The predicted molar refractivity (Wildman–Crippen MR) is 233 cm³/mol. The van der Waals surface area contributed by atoms with Crippen molar-refractivity contribution >= 4 is 43.7 Å². The van der Waals surface area contributed by atoms with Crippen LogP contribution >= 0.6 is 0 Å². The highest BCUT2D eigenvalue weighted by molar-refractivity contribution is 6.11. The molecule has 0 unspecified atom stereocenters. The van der Waals surface area contributed by atoms with Crippen molar-refractivity contribution in [2.45, 2.75) is 0 Å². The average molecular weight is 742 g/mol. The quantitative estimate of drug-likeness (QED) is 0.169. The third-order valence-corrected chi connectivity index (χ3v) is 10.9. The Morgan fingerprint density at radius 3 is 1.71 bits per heavy atom. The van der Waals surface area contributed by atoms with Gasteiger partial charge in [0.05, 0.1) is 28.4 Å². The second-order valence-corrected chi connectivity index (χ2v) is 14.4. The fourth-order valence-electron chi connectivity index (χ4n) is 8.10. The number of furan rings is 1. The van der Waals surface area contributed by atoms with Gasteiger partial charge in [-0.05, 0) is 82.9 Å². The number of fused-ring (bicyclic) bond motifs is 6. The summed E-state index contributed by atoms with van der Waals surface area (Å²) < 4.78 is 8.52. The third kappa shape index (κ3) is 5.61. The van der Waals surface area contributed by atoms with Gasteiger partial charge >= 0.3 is 0 Å². The average Bonchev–Trinajstić information content (AvgIpc) is 3.84. The van der Waals surface area contributed by atoms with Crippen molar-refractivity contribution in [3.05, 3.63) is 194 Å². The molecule has 0 bridgehead atoms. The van der Waals surface area contributed by atoms with Crippen LogP contribution in [0.1, 0.15) is 5.56 Å². The van der Waals surface area contributed by atoms with E-state index in [9.17, 15) is 5.26 Å². The first-order valence-corrected chi connectivity index (χ1v) is 19.2. The van der Waals surface area contributed by atoms with Crippen LogP contribution in [-0.4, -0.2) is 19.5 Å². The molecule has 6 nitrogen and oxygen atoms in total. The summed E-state index contributed by atoms with van der Waals surface area (Å²) in [4.78, 5) is 15.5. The molecule has 0 fully saturated rings. The molecular formula is C52H31N5O. The maximum atomic E-state index is 9.63. The normalized spacial score (nSPS) is 11.4. The van der Waals surface area contributed by atoms with Crippen molar-refractivity contribution in [3.8, 4) is 68.2 Å². The number of aromatic nitrogens is 4. The van der Waals surface area contributed by atoms with Gasteiger partial charge < -0.3 is 8.98 Å². The molecule has 0 saturated heterocycles. The Morgan fingerprint density at radius 2 is 0.948 bits per heavy atom. The van der Waals surface area contributed by atoms with Gasteiger partial charge in [-0.1, -0.05) is 127 Å². The fourth-order valence-corrected chi connectivity index (χ4v) is 8.10. The van der Waals surface area contributed by atoms with E-state index in [4.69, 9.17) is 19.4 Å². The number of nitrogens with zero attached hydrogens (tertiary/aromatic N) is 5. The van der Waals surface area contributed by atoms with E-state index in [0.29, 0.717) is 23.0 Å². The molecule has 11 rings (SSSR count). The molecule has 0 aliphatic carbocycles. The van der Waals surface area contributed by atoms with Crippen LogP contribution in [0.2, 0.25) is 0 Å². The predicted octanol–water partition coefficient (Wildman–Crippen LogP) is 13.1. The molecule has 270 valence electrons. The van der Waals surface area contributed by atoms with E-state index in [0.717, 1.165) is 88.4 Å². The van der Waals surface area contributed by atoms with Crippen LogP contribution in [0.4, 0.5) is 0 Å². The van der Waals surface area contributed by atoms with E-state index in [1.807, 2.05) is 97.1 Å². The molecule has 0 aliphatic heterocycles. The zero-order valence-electron chi connectivity index (χ0n) is 31.0. The lowest BCUT2D eigenvalue weighted by Gasteiger charge is -2.16. The van der Waals surface area contributed by atoms with Crippen molar-refractivity contribution in [2.75, 3.05) is 0 Å². The highest BCUT2D eigenvalue weighted by Gasteiger charge is 2.21. The lowest BCUT2D eigenvalue weighted by molar-refractivity contribution is 0.669. The van der Waals surface area contributed by atoms with Gasteiger partial charge in [0.15, 0.2) is 17.5 Å². The molecule has 0 aliphatic rings. The molecule has 0 spiro atoms. The van der Waals surface area contributed by atoms with Gasteiger partial charge in [-0.25, -0.2) is 15.0 Å². The smallest absolute Gasteiger partial charge is 0.166 e. The summed E-state index contributed by atoms with van der Waals surface area (Å²) in [6.07, 6.45) is 0. The highest BCUT2D eigenvalue weighted by Crippen LogP contribution is 2.40. The summed E-state index contributed by atoms with van der Waals surface area (Å²) in [5.74, 6) is 1.76. The molecule has 6 heteroatoms. The fraction of sp³-hybridized carbons (Fsp3) is 0. The van der Waals surface area contributed by atoms with Crippen molar-refractivity contribution in [3.63, 3.8) is 0 Å². The van der Waals surface area contributed by atoms with Crippen LogP contribution in [0.5, 0.6) is 0 Å². The first-order chi connectivity index (χ1) is 28.7. The van der Waals surface area contributed by atoms with Gasteiger partial charge in [0.25, 0.3) is 0 Å². The molecular weight excluding hydrogens is 711 g/mol. The molecule has 11 aromatic rings. The van der Waals surface area contributed by atoms with Crippen LogP contribution in [0.15, 0.2) is 192 Å². The van der Waals surface area contributed by atoms with E-state index in [1.165, 1.54) is 0 Å². The Kier molecular flexibility index (Phi) is 7.76. The van der Waals surface area contributed by atoms with Gasteiger partial charge in [0.1, 0.15) is 11.2 Å². The van der Waals surface area contributed by atoms with Crippen molar-refractivity contribution < 1.29 is 4.42 Å². The first kappa shape index (κ1) is 33.2. The van der Waals surface area contributed by atoms with Gasteiger partial charge in [0.2, 0.25) is 0 Å². The van der Waals surface area contributed by atoms with E-state index in [-0.39, 0.29) is 0 Å². The summed E-state index contributed by atoms with van der Waals surface area (Å²) in [6, 6.07) is 66.4. The summed E-state index contributed by atoms with van der Waals surface area (Å²) >= 11 is 0. The van der Waals surface area contributed by atoms with Crippen LogP contribution in [0.3, 0.4) is 0 Å². The zero-order chi connectivity index (χ0) is 38.6. The molecule has 0 amide bonds. The summed E-state index contributed by atoms with van der Waals surface area (Å²) in [5.41, 5.74) is 12.2. The van der Waals surface area contributed by atoms with Crippen LogP contribution < -0.4 is 0 Å². The summed E-state index contributed by atoms with van der Waals surface area (Å²) in [7, 11) is 0. The Bertz CT molecular complexity index is 3360. The molecule has 0 atom stereocenters. The van der Waals surface area contributed by atoms with E-state index in [1.54, 1.807) is 0 Å². The van der Waals surface area contributed by atoms with Gasteiger partial charge in [-0.3, -0.25) is 0 Å². The standard InChI is InChI=1S/C52H31N5O/c53-32-33-12-11-17-36(28-33)37-22-25-46-42(29-37)40-18-7-9-20-45(40)57(46)47-26-23-38(39-24-27-49-43(30-39)41-19-8-10-21-48(41)58-49)31-44(47)52-55-50(34-13-3-1-4-14-34)54-51(56-52)35-15-5-2-6-16-35/h1-31H. The lowest BCUT2D eigenvalue weighted by atomic mass is 9.99. The summed E-state index contributed by atoms with van der Waals surface area (Å²) in [5, 5.41) is 14.0. The minimum Gasteiger partial charge on any atom is -0.456 e. The Morgan fingerprint density at radius 1 is 0.397 bits per heavy atom. The molecule has 0 radical (unpaired) electrons. The zero-order valence-corrected chi connectivity index (χ0v) is 31.0. The number of hydrogen-bond donors (Lipinski definition) is 0. The maximum absolute atomic E-state index is 9.63. The Labute approximate surface area is 333 Å². The molecule has 0 N–H and O–H groups in total. The third-order valence-electron chi connectivity index (χ3n) is 10.9. The van der Waals surface area contributed by atoms with E-state index < -0.39 is 0 Å². The topological polar surface area (TPSA) is 80.5 Å². The monoisotopic (exact) mass is 741 g/mol.